The molecule has 4 aliphatic rings. The first-order chi connectivity index (χ1) is 7.61. The van der Waals surface area contributed by atoms with Crippen molar-refractivity contribution in [3.05, 3.63) is 0 Å². The van der Waals surface area contributed by atoms with Crippen LogP contribution in [0.5, 0.6) is 0 Å². The number of ether oxygens (including phenoxy) is 1. The molecule has 3 heterocycles. The molecular weight excluding hydrogens is 198 g/mol. The maximum Gasteiger partial charge on any atom is 0.101 e. The third kappa shape index (κ3) is 1.15. The minimum absolute atomic E-state index is 0.327. The van der Waals surface area contributed by atoms with Gasteiger partial charge in [0.1, 0.15) is 11.7 Å². The molecule has 0 bridgehead atoms. The Morgan fingerprint density at radius 1 is 1.25 bits per heavy atom. The molecule has 2 nitrogen and oxygen atoms in total. The van der Waals surface area contributed by atoms with Gasteiger partial charge in [0.05, 0.1) is 0 Å². The molecule has 1 saturated carbocycles. The highest BCUT2D eigenvalue weighted by Crippen LogP contribution is 2.61. The lowest BCUT2D eigenvalue weighted by Gasteiger charge is -2.47. The fourth-order valence-corrected chi connectivity index (χ4v) is 4.93. The van der Waals surface area contributed by atoms with Crippen molar-refractivity contribution < 1.29 is 4.74 Å². The molecule has 90 valence electrons. The number of hydrogen-bond acceptors (Lipinski definition) is 2. The molecule has 0 amide bonds. The van der Waals surface area contributed by atoms with E-state index in [2.05, 4.69) is 18.7 Å². The van der Waals surface area contributed by atoms with E-state index in [1.807, 2.05) is 0 Å². The Morgan fingerprint density at radius 2 is 2.12 bits per heavy atom. The molecule has 0 aromatic rings. The Balaban J connectivity index is 1.65. The normalized spacial score (nSPS) is 54.0. The molecule has 0 aromatic carbocycles. The minimum Gasteiger partial charge on any atom is -0.364 e. The van der Waals surface area contributed by atoms with Crippen LogP contribution in [0.15, 0.2) is 0 Å². The standard InChI is InChI=1S/C14H23NO/c1-13(2)6-5-10-11-4-3-7-15(11)8-12-14(10,9-13)16-12/h10-12H,3-9H2,1-2H3. The van der Waals surface area contributed by atoms with Crippen molar-refractivity contribution in [2.75, 3.05) is 13.1 Å². The molecule has 4 atom stereocenters. The predicted octanol–water partition coefficient (Wildman–Crippen LogP) is 2.43. The van der Waals surface area contributed by atoms with Gasteiger partial charge in [0.2, 0.25) is 0 Å². The molecule has 4 unspecified atom stereocenters. The van der Waals surface area contributed by atoms with Crippen molar-refractivity contribution >= 4 is 0 Å². The van der Waals surface area contributed by atoms with Crippen LogP contribution in [0.3, 0.4) is 0 Å². The zero-order chi connectivity index (χ0) is 11.0. The first-order valence-electron chi connectivity index (χ1n) is 7.03. The number of epoxide rings is 1. The van der Waals surface area contributed by atoms with Crippen LogP contribution < -0.4 is 0 Å². The lowest BCUT2D eigenvalue weighted by Crippen LogP contribution is -2.54. The van der Waals surface area contributed by atoms with E-state index in [0.29, 0.717) is 17.1 Å². The fourth-order valence-electron chi connectivity index (χ4n) is 4.93. The van der Waals surface area contributed by atoms with Gasteiger partial charge in [-0.1, -0.05) is 13.8 Å². The molecule has 3 saturated heterocycles. The van der Waals surface area contributed by atoms with E-state index in [9.17, 15) is 0 Å². The summed E-state index contributed by atoms with van der Waals surface area (Å²) >= 11 is 0. The van der Waals surface area contributed by atoms with Crippen LogP contribution in [0, 0.1) is 11.3 Å². The monoisotopic (exact) mass is 221 g/mol. The Kier molecular flexibility index (Phi) is 1.76. The molecule has 1 spiro atoms. The molecule has 4 fully saturated rings. The van der Waals surface area contributed by atoms with Crippen LogP contribution in [0.2, 0.25) is 0 Å². The summed E-state index contributed by atoms with van der Waals surface area (Å²) in [7, 11) is 0. The second-order valence-corrected chi connectivity index (χ2v) is 7.25. The van der Waals surface area contributed by atoms with Gasteiger partial charge in [0, 0.05) is 18.5 Å². The summed E-state index contributed by atoms with van der Waals surface area (Å²) in [6.07, 6.45) is 7.58. The third-order valence-electron chi connectivity index (χ3n) is 5.64. The Hall–Kier alpha value is -0.0800. The molecule has 1 aliphatic carbocycles. The van der Waals surface area contributed by atoms with Gasteiger partial charge in [-0.15, -0.1) is 0 Å². The lowest BCUT2D eigenvalue weighted by molar-refractivity contribution is 0.0236. The van der Waals surface area contributed by atoms with Crippen molar-refractivity contribution in [1.29, 1.82) is 0 Å². The minimum atomic E-state index is 0.327. The number of rotatable bonds is 0. The Morgan fingerprint density at radius 3 is 3.00 bits per heavy atom. The highest BCUT2D eigenvalue weighted by Gasteiger charge is 2.69. The molecule has 0 aromatic heterocycles. The molecule has 16 heavy (non-hydrogen) atoms. The van der Waals surface area contributed by atoms with E-state index in [0.717, 1.165) is 12.0 Å². The molecule has 0 radical (unpaired) electrons. The zero-order valence-electron chi connectivity index (χ0n) is 10.5. The van der Waals surface area contributed by atoms with Crippen molar-refractivity contribution in [2.24, 2.45) is 11.3 Å². The van der Waals surface area contributed by atoms with Gasteiger partial charge in [-0.05, 0) is 44.1 Å². The highest BCUT2D eigenvalue weighted by atomic mass is 16.6. The van der Waals surface area contributed by atoms with Gasteiger partial charge >= 0.3 is 0 Å². The molecule has 3 aliphatic heterocycles. The highest BCUT2D eigenvalue weighted by molar-refractivity contribution is 5.19. The lowest BCUT2D eigenvalue weighted by atomic mass is 9.62. The third-order valence-corrected chi connectivity index (χ3v) is 5.64. The van der Waals surface area contributed by atoms with Crippen LogP contribution >= 0.6 is 0 Å². The maximum atomic E-state index is 6.20. The average molecular weight is 221 g/mol. The van der Waals surface area contributed by atoms with Gasteiger partial charge in [-0.2, -0.15) is 0 Å². The number of piperidine rings is 1. The van der Waals surface area contributed by atoms with Crippen molar-refractivity contribution in [2.45, 2.75) is 63.7 Å². The first kappa shape index (κ1) is 9.90. The van der Waals surface area contributed by atoms with Gasteiger partial charge in [-0.3, -0.25) is 4.90 Å². The fraction of sp³-hybridized carbons (Fsp3) is 1.00. The Labute approximate surface area is 98.3 Å². The Bertz CT molecular complexity index is 327. The summed E-state index contributed by atoms with van der Waals surface area (Å²) in [5.41, 5.74) is 0.847. The van der Waals surface area contributed by atoms with Gasteiger partial charge in [0.15, 0.2) is 0 Å². The van der Waals surface area contributed by atoms with Crippen molar-refractivity contribution in [3.63, 3.8) is 0 Å². The van der Waals surface area contributed by atoms with E-state index in [1.165, 1.54) is 45.2 Å². The number of fused-ring (bicyclic) bond motifs is 2. The average Bonchev–Trinajstić information content (AvgIpc) is 2.68. The van der Waals surface area contributed by atoms with Crippen LogP contribution in [0.25, 0.3) is 0 Å². The zero-order valence-corrected chi connectivity index (χ0v) is 10.5. The van der Waals surface area contributed by atoms with Gasteiger partial charge in [0.25, 0.3) is 0 Å². The quantitative estimate of drug-likeness (QED) is 0.584. The van der Waals surface area contributed by atoms with Gasteiger partial charge in [-0.25, -0.2) is 0 Å². The van der Waals surface area contributed by atoms with Crippen LogP contribution in [0.4, 0.5) is 0 Å². The molecule has 2 heteroatoms. The topological polar surface area (TPSA) is 15.8 Å². The van der Waals surface area contributed by atoms with E-state index in [-0.39, 0.29) is 0 Å². The summed E-state index contributed by atoms with van der Waals surface area (Å²) in [4.78, 5) is 2.72. The maximum absolute atomic E-state index is 6.20. The second kappa shape index (κ2) is 2.84. The summed E-state index contributed by atoms with van der Waals surface area (Å²) in [5, 5.41) is 0. The van der Waals surface area contributed by atoms with Crippen molar-refractivity contribution in [1.82, 2.24) is 4.90 Å². The first-order valence-corrected chi connectivity index (χ1v) is 7.03. The summed E-state index contributed by atoms with van der Waals surface area (Å²) in [5.74, 6) is 0.863. The largest absolute Gasteiger partial charge is 0.364 e. The number of nitrogens with zero attached hydrogens (tertiary/aromatic N) is 1. The second-order valence-electron chi connectivity index (χ2n) is 7.25. The van der Waals surface area contributed by atoms with Gasteiger partial charge < -0.3 is 4.74 Å². The van der Waals surface area contributed by atoms with Crippen LogP contribution in [0.1, 0.15) is 46.0 Å². The van der Waals surface area contributed by atoms with Crippen molar-refractivity contribution in [3.8, 4) is 0 Å². The smallest absolute Gasteiger partial charge is 0.101 e. The summed E-state index contributed by atoms with van der Waals surface area (Å²) in [6.45, 7) is 7.42. The molecular formula is C14H23NO. The number of hydrogen-bond donors (Lipinski definition) is 0. The molecule has 0 N–H and O–H groups in total. The molecule has 4 rings (SSSR count). The van der Waals surface area contributed by atoms with E-state index in [1.54, 1.807) is 0 Å². The van der Waals surface area contributed by atoms with Crippen LogP contribution in [-0.4, -0.2) is 35.7 Å². The van der Waals surface area contributed by atoms with E-state index in [4.69, 9.17) is 4.74 Å². The van der Waals surface area contributed by atoms with Crippen LogP contribution in [-0.2, 0) is 4.74 Å². The SMILES string of the molecule is CC1(C)CCC2C3CCCN3CC3OC32C1. The predicted molar refractivity (Wildman–Crippen MR) is 63.3 cm³/mol. The summed E-state index contributed by atoms with van der Waals surface area (Å²) in [6, 6.07) is 0.870. The van der Waals surface area contributed by atoms with E-state index < -0.39 is 0 Å². The summed E-state index contributed by atoms with van der Waals surface area (Å²) < 4.78 is 6.20. The van der Waals surface area contributed by atoms with E-state index >= 15 is 0 Å².